The smallest absolute Gasteiger partial charge is 0.160 e. The van der Waals surface area contributed by atoms with Crippen molar-refractivity contribution in [2.45, 2.75) is 13.5 Å². The summed E-state index contributed by atoms with van der Waals surface area (Å²) < 4.78 is 18.1. The number of phenols is 1. The molecule has 2 aromatic rings. The predicted molar refractivity (Wildman–Crippen MR) is 77.8 cm³/mol. The fourth-order valence-corrected chi connectivity index (χ4v) is 2.08. The first-order valence-electron chi connectivity index (χ1n) is 6.50. The van der Waals surface area contributed by atoms with Crippen molar-refractivity contribution in [2.24, 2.45) is 0 Å². The zero-order valence-electron chi connectivity index (χ0n) is 11.6. The van der Waals surface area contributed by atoms with Crippen molar-refractivity contribution in [1.29, 1.82) is 0 Å². The van der Waals surface area contributed by atoms with Gasteiger partial charge in [0.2, 0.25) is 0 Å². The van der Waals surface area contributed by atoms with Crippen molar-refractivity contribution >= 4 is 5.69 Å². The summed E-state index contributed by atoms with van der Waals surface area (Å²) in [6.45, 7) is 3.51. The minimum absolute atomic E-state index is 0.126. The Labute approximate surface area is 118 Å². The maximum absolute atomic E-state index is 13.0. The lowest BCUT2D eigenvalue weighted by atomic mass is 10.1. The van der Waals surface area contributed by atoms with Crippen LogP contribution in [0.4, 0.5) is 10.1 Å². The summed E-state index contributed by atoms with van der Waals surface area (Å²) in [6.07, 6.45) is 0. The van der Waals surface area contributed by atoms with Gasteiger partial charge in [0, 0.05) is 18.8 Å². The Balaban J connectivity index is 2.19. The summed E-state index contributed by atoms with van der Waals surface area (Å²) in [5.41, 5.74) is 1.98. The van der Waals surface area contributed by atoms with Gasteiger partial charge in [0.15, 0.2) is 11.5 Å². The standard InChI is InChI=1S/C16H18FNO2/c1-3-18(14-7-5-13(17)6-8-14)11-12-4-9-15(19)16(10-12)20-2/h4-10,19H,3,11H2,1-2H3. The van der Waals surface area contributed by atoms with Gasteiger partial charge in [-0.15, -0.1) is 0 Å². The lowest BCUT2D eigenvalue weighted by Crippen LogP contribution is -2.21. The molecule has 1 N–H and O–H groups in total. The van der Waals surface area contributed by atoms with E-state index < -0.39 is 0 Å². The fourth-order valence-electron chi connectivity index (χ4n) is 2.08. The summed E-state index contributed by atoms with van der Waals surface area (Å²) in [6, 6.07) is 11.7. The largest absolute Gasteiger partial charge is 0.504 e. The number of hydrogen-bond acceptors (Lipinski definition) is 3. The Morgan fingerprint density at radius 3 is 2.45 bits per heavy atom. The highest BCUT2D eigenvalue weighted by Gasteiger charge is 2.08. The molecule has 0 spiro atoms. The lowest BCUT2D eigenvalue weighted by Gasteiger charge is -2.23. The van der Waals surface area contributed by atoms with Crippen LogP contribution in [-0.4, -0.2) is 18.8 Å². The maximum atomic E-state index is 13.0. The van der Waals surface area contributed by atoms with Crippen LogP contribution in [0.15, 0.2) is 42.5 Å². The summed E-state index contributed by atoms with van der Waals surface area (Å²) >= 11 is 0. The zero-order valence-corrected chi connectivity index (χ0v) is 11.6. The molecular formula is C16H18FNO2. The summed E-state index contributed by atoms with van der Waals surface area (Å²) in [5.74, 6) is 0.342. The van der Waals surface area contributed by atoms with Crippen molar-refractivity contribution in [3.8, 4) is 11.5 Å². The van der Waals surface area contributed by atoms with E-state index in [1.54, 1.807) is 18.2 Å². The minimum Gasteiger partial charge on any atom is -0.504 e. The van der Waals surface area contributed by atoms with Gasteiger partial charge in [-0.2, -0.15) is 0 Å². The monoisotopic (exact) mass is 275 g/mol. The van der Waals surface area contributed by atoms with Gasteiger partial charge < -0.3 is 14.7 Å². The number of ether oxygens (including phenoxy) is 1. The Hall–Kier alpha value is -2.23. The van der Waals surface area contributed by atoms with E-state index in [0.717, 1.165) is 17.8 Å². The molecule has 0 aliphatic carbocycles. The van der Waals surface area contributed by atoms with Gasteiger partial charge in [-0.25, -0.2) is 4.39 Å². The number of phenolic OH excluding ortho intramolecular Hbond substituents is 1. The maximum Gasteiger partial charge on any atom is 0.160 e. The van der Waals surface area contributed by atoms with E-state index in [9.17, 15) is 9.50 Å². The van der Waals surface area contributed by atoms with E-state index in [4.69, 9.17) is 4.74 Å². The zero-order chi connectivity index (χ0) is 14.5. The molecule has 0 heterocycles. The van der Waals surface area contributed by atoms with Gasteiger partial charge in [-0.3, -0.25) is 0 Å². The topological polar surface area (TPSA) is 32.7 Å². The summed E-state index contributed by atoms with van der Waals surface area (Å²) in [5, 5.41) is 9.59. The number of halogens is 1. The van der Waals surface area contributed by atoms with E-state index in [1.165, 1.54) is 19.2 Å². The van der Waals surface area contributed by atoms with E-state index in [-0.39, 0.29) is 11.6 Å². The summed E-state index contributed by atoms with van der Waals surface area (Å²) in [4.78, 5) is 2.12. The number of methoxy groups -OCH3 is 1. The molecule has 0 unspecified atom stereocenters. The van der Waals surface area contributed by atoms with Gasteiger partial charge in [-0.1, -0.05) is 6.07 Å². The van der Waals surface area contributed by atoms with Gasteiger partial charge >= 0.3 is 0 Å². The van der Waals surface area contributed by atoms with E-state index in [1.807, 2.05) is 19.1 Å². The molecule has 2 aromatic carbocycles. The molecule has 0 fully saturated rings. The second-order valence-corrected chi connectivity index (χ2v) is 4.50. The van der Waals surface area contributed by atoms with Crippen molar-refractivity contribution in [3.63, 3.8) is 0 Å². The van der Waals surface area contributed by atoms with E-state index in [0.29, 0.717) is 12.3 Å². The second-order valence-electron chi connectivity index (χ2n) is 4.50. The van der Waals surface area contributed by atoms with E-state index in [2.05, 4.69) is 4.90 Å². The molecule has 2 rings (SSSR count). The predicted octanol–water partition coefficient (Wildman–Crippen LogP) is 3.57. The molecule has 0 saturated heterocycles. The lowest BCUT2D eigenvalue weighted by molar-refractivity contribution is 0.373. The number of nitrogens with zero attached hydrogens (tertiary/aromatic N) is 1. The third-order valence-corrected chi connectivity index (χ3v) is 3.19. The molecule has 0 atom stereocenters. The van der Waals surface area contributed by atoms with Crippen molar-refractivity contribution in [3.05, 3.63) is 53.8 Å². The molecule has 0 amide bonds. The van der Waals surface area contributed by atoms with Crippen LogP contribution < -0.4 is 9.64 Å². The number of hydrogen-bond donors (Lipinski definition) is 1. The Kier molecular flexibility index (Phi) is 4.45. The highest BCUT2D eigenvalue weighted by atomic mass is 19.1. The van der Waals surface area contributed by atoms with Crippen molar-refractivity contribution in [2.75, 3.05) is 18.6 Å². The van der Waals surface area contributed by atoms with Gasteiger partial charge in [0.25, 0.3) is 0 Å². The molecule has 0 radical (unpaired) electrons. The highest BCUT2D eigenvalue weighted by Crippen LogP contribution is 2.27. The number of benzene rings is 2. The Morgan fingerprint density at radius 2 is 1.85 bits per heavy atom. The Bertz CT molecular complexity index is 569. The number of aromatic hydroxyl groups is 1. The number of rotatable bonds is 5. The second kappa shape index (κ2) is 6.28. The third kappa shape index (κ3) is 3.20. The molecule has 20 heavy (non-hydrogen) atoms. The van der Waals surface area contributed by atoms with Gasteiger partial charge in [0.1, 0.15) is 5.82 Å². The van der Waals surface area contributed by atoms with Crippen LogP contribution in [-0.2, 0) is 6.54 Å². The summed E-state index contributed by atoms with van der Waals surface area (Å²) in [7, 11) is 1.52. The molecule has 4 heteroatoms. The molecule has 3 nitrogen and oxygen atoms in total. The normalized spacial score (nSPS) is 10.3. The highest BCUT2D eigenvalue weighted by molar-refractivity contribution is 5.48. The molecule has 0 bridgehead atoms. The molecule has 0 aromatic heterocycles. The van der Waals surface area contributed by atoms with Crippen LogP contribution in [0, 0.1) is 5.82 Å². The number of anilines is 1. The van der Waals surface area contributed by atoms with Crippen molar-refractivity contribution < 1.29 is 14.2 Å². The van der Waals surface area contributed by atoms with E-state index >= 15 is 0 Å². The van der Waals surface area contributed by atoms with Crippen LogP contribution in [0.1, 0.15) is 12.5 Å². The van der Waals surface area contributed by atoms with Crippen LogP contribution in [0.25, 0.3) is 0 Å². The quantitative estimate of drug-likeness (QED) is 0.905. The molecule has 0 saturated carbocycles. The Morgan fingerprint density at radius 1 is 1.15 bits per heavy atom. The first-order chi connectivity index (χ1) is 9.63. The average Bonchev–Trinajstić information content (AvgIpc) is 2.47. The fraction of sp³-hybridized carbons (Fsp3) is 0.250. The minimum atomic E-state index is -0.240. The van der Waals surface area contributed by atoms with Crippen molar-refractivity contribution in [1.82, 2.24) is 0 Å². The van der Waals surface area contributed by atoms with Crippen LogP contribution in [0.5, 0.6) is 11.5 Å². The molecule has 106 valence electrons. The third-order valence-electron chi connectivity index (χ3n) is 3.19. The SMILES string of the molecule is CCN(Cc1ccc(O)c(OC)c1)c1ccc(F)cc1. The van der Waals surface area contributed by atoms with Crippen LogP contribution >= 0.6 is 0 Å². The molecule has 0 aliphatic rings. The average molecular weight is 275 g/mol. The van der Waals surface area contributed by atoms with Gasteiger partial charge in [-0.05, 0) is 48.9 Å². The first kappa shape index (κ1) is 14.2. The molecular weight excluding hydrogens is 257 g/mol. The van der Waals surface area contributed by atoms with Crippen LogP contribution in [0.2, 0.25) is 0 Å². The van der Waals surface area contributed by atoms with Crippen LogP contribution in [0.3, 0.4) is 0 Å². The van der Waals surface area contributed by atoms with Gasteiger partial charge in [0.05, 0.1) is 7.11 Å². The first-order valence-corrected chi connectivity index (χ1v) is 6.50. The molecule has 0 aliphatic heterocycles.